The number of hydrogen-bond acceptors (Lipinski definition) is 6. The Morgan fingerprint density at radius 3 is 2.48 bits per heavy atom. The van der Waals surface area contributed by atoms with Crippen molar-refractivity contribution in [3.8, 4) is 0 Å². The number of nitrogens with zero attached hydrogens (tertiary/aromatic N) is 2. The number of anilines is 1. The van der Waals surface area contributed by atoms with Crippen LogP contribution < -0.4 is 5.32 Å². The smallest absolute Gasteiger partial charge is 0.357 e. The Morgan fingerprint density at radius 1 is 1.21 bits per heavy atom. The Kier molecular flexibility index (Phi) is 6.02. The summed E-state index contributed by atoms with van der Waals surface area (Å²) in [6.45, 7) is 8.10. The van der Waals surface area contributed by atoms with Gasteiger partial charge in [-0.25, -0.2) is 9.78 Å². The summed E-state index contributed by atoms with van der Waals surface area (Å²) in [5, 5.41) is 3.14. The monoisotopic (exact) mass is 415 g/mol. The van der Waals surface area contributed by atoms with Crippen LogP contribution in [0.4, 0.5) is 5.13 Å². The van der Waals surface area contributed by atoms with Crippen LogP contribution in [0.15, 0.2) is 24.3 Å². The molecule has 0 radical (unpaired) electrons. The summed E-state index contributed by atoms with van der Waals surface area (Å²) in [7, 11) is 1.30. The third kappa shape index (κ3) is 4.03. The van der Waals surface area contributed by atoms with Gasteiger partial charge in [-0.05, 0) is 23.5 Å². The molecule has 0 unspecified atom stereocenters. The average Bonchev–Trinajstić information content (AvgIpc) is 3.23. The number of carbonyl (C=O) groups excluding carboxylic acids is 3. The predicted octanol–water partition coefficient (Wildman–Crippen LogP) is 3.67. The molecule has 0 saturated heterocycles. The zero-order valence-electron chi connectivity index (χ0n) is 17.2. The van der Waals surface area contributed by atoms with E-state index < -0.39 is 12.0 Å². The van der Waals surface area contributed by atoms with Crippen molar-refractivity contribution in [1.82, 2.24) is 9.88 Å². The second-order valence-corrected chi connectivity index (χ2v) is 8.68. The quantitative estimate of drug-likeness (QED) is 0.727. The molecule has 3 rings (SSSR count). The molecule has 2 amide bonds. The molecule has 0 fully saturated rings. The van der Waals surface area contributed by atoms with Gasteiger partial charge in [0.15, 0.2) is 10.8 Å². The highest BCUT2D eigenvalue weighted by Crippen LogP contribution is 2.32. The number of rotatable bonds is 6. The van der Waals surface area contributed by atoms with E-state index in [1.807, 2.05) is 45.9 Å². The lowest BCUT2D eigenvalue weighted by Crippen LogP contribution is -2.47. The second kappa shape index (κ2) is 8.32. The normalized spacial score (nSPS) is 14.3. The fraction of sp³-hybridized carbons (Fsp3) is 0.429. The molecule has 8 heteroatoms. The van der Waals surface area contributed by atoms with Crippen LogP contribution in [0.5, 0.6) is 0 Å². The molecular weight excluding hydrogens is 390 g/mol. The van der Waals surface area contributed by atoms with Crippen LogP contribution in [-0.4, -0.2) is 40.8 Å². The molecule has 1 aromatic heterocycles. The van der Waals surface area contributed by atoms with Gasteiger partial charge in [0.05, 0.1) is 7.11 Å². The number of fused-ring (bicyclic) bond motifs is 1. The first-order valence-corrected chi connectivity index (χ1v) is 10.3. The third-order valence-corrected chi connectivity index (χ3v) is 6.14. The van der Waals surface area contributed by atoms with Gasteiger partial charge in [0.25, 0.3) is 5.91 Å². The van der Waals surface area contributed by atoms with Crippen LogP contribution >= 0.6 is 11.3 Å². The molecule has 7 nitrogen and oxygen atoms in total. The van der Waals surface area contributed by atoms with E-state index in [0.717, 1.165) is 10.4 Å². The average molecular weight is 416 g/mol. The van der Waals surface area contributed by atoms with Gasteiger partial charge in [-0.2, -0.15) is 0 Å². The number of thiazole rings is 1. The van der Waals surface area contributed by atoms with Gasteiger partial charge in [0.1, 0.15) is 6.04 Å². The van der Waals surface area contributed by atoms with E-state index in [4.69, 9.17) is 4.74 Å². The first-order chi connectivity index (χ1) is 13.7. The van der Waals surface area contributed by atoms with Crippen LogP contribution in [-0.2, 0) is 16.1 Å². The fourth-order valence-corrected chi connectivity index (χ4v) is 4.46. The molecule has 0 bridgehead atoms. The summed E-state index contributed by atoms with van der Waals surface area (Å²) in [6, 6.07) is 6.74. The van der Waals surface area contributed by atoms with Crippen molar-refractivity contribution in [2.75, 3.05) is 12.4 Å². The largest absolute Gasteiger partial charge is 0.464 e. The minimum absolute atomic E-state index is 0.0582. The zero-order valence-corrected chi connectivity index (χ0v) is 18.0. The molecule has 2 heterocycles. The molecule has 154 valence electrons. The lowest BCUT2D eigenvalue weighted by molar-refractivity contribution is -0.122. The van der Waals surface area contributed by atoms with Crippen molar-refractivity contribution in [2.24, 2.45) is 5.92 Å². The molecule has 1 atom stereocenters. The van der Waals surface area contributed by atoms with Crippen molar-refractivity contribution >= 4 is 34.3 Å². The number of benzene rings is 1. The van der Waals surface area contributed by atoms with Gasteiger partial charge in [-0.15, -0.1) is 11.3 Å². The molecule has 1 aliphatic rings. The van der Waals surface area contributed by atoms with Crippen molar-refractivity contribution in [2.45, 2.75) is 46.2 Å². The minimum Gasteiger partial charge on any atom is -0.464 e. The van der Waals surface area contributed by atoms with E-state index in [0.29, 0.717) is 17.2 Å². The maximum absolute atomic E-state index is 13.1. The van der Waals surface area contributed by atoms with Crippen molar-refractivity contribution < 1.29 is 19.1 Å². The Hall–Kier alpha value is -2.74. The SMILES string of the molecule is COC(=O)c1nc(NC(=O)[C@H](C(C)C)N2Cc3ccccc3C2=O)sc1C(C)C. The summed E-state index contributed by atoms with van der Waals surface area (Å²) in [5.74, 6) is -1.04. The van der Waals surface area contributed by atoms with Gasteiger partial charge in [0.2, 0.25) is 5.91 Å². The molecule has 2 aromatic rings. The standard InChI is InChI=1S/C21H25N3O4S/c1-11(2)16(24-10-13-8-6-7-9-14(13)19(24)26)18(25)23-21-22-15(20(27)28-5)17(29-21)12(3)4/h6-9,11-12,16H,10H2,1-5H3,(H,22,23,25)/t16-/m0/s1. The zero-order chi connectivity index (χ0) is 21.3. The van der Waals surface area contributed by atoms with Gasteiger partial charge in [-0.3, -0.25) is 9.59 Å². The van der Waals surface area contributed by atoms with Crippen LogP contribution in [0.1, 0.15) is 64.9 Å². The highest BCUT2D eigenvalue weighted by atomic mass is 32.1. The van der Waals surface area contributed by atoms with E-state index in [2.05, 4.69) is 10.3 Å². The molecule has 1 aliphatic heterocycles. The third-order valence-electron chi connectivity index (χ3n) is 4.87. The molecule has 0 aliphatic carbocycles. The summed E-state index contributed by atoms with van der Waals surface area (Å²) in [5.41, 5.74) is 1.77. The van der Waals surface area contributed by atoms with Gasteiger partial charge in [-0.1, -0.05) is 45.9 Å². The van der Waals surface area contributed by atoms with Crippen LogP contribution in [0.2, 0.25) is 0 Å². The van der Waals surface area contributed by atoms with Crippen molar-refractivity contribution in [3.63, 3.8) is 0 Å². The number of amides is 2. The van der Waals surface area contributed by atoms with Gasteiger partial charge in [0, 0.05) is 17.0 Å². The first-order valence-electron chi connectivity index (χ1n) is 9.53. The molecule has 0 saturated carbocycles. The lowest BCUT2D eigenvalue weighted by Gasteiger charge is -2.29. The topological polar surface area (TPSA) is 88.6 Å². The van der Waals surface area contributed by atoms with Gasteiger partial charge < -0.3 is 15.0 Å². The van der Waals surface area contributed by atoms with E-state index in [1.165, 1.54) is 18.4 Å². The number of methoxy groups -OCH3 is 1. The highest BCUT2D eigenvalue weighted by Gasteiger charge is 2.38. The molecule has 1 N–H and O–H groups in total. The van der Waals surface area contributed by atoms with E-state index >= 15 is 0 Å². The Bertz CT molecular complexity index is 951. The number of hydrogen-bond donors (Lipinski definition) is 1. The number of esters is 1. The summed E-state index contributed by atoms with van der Waals surface area (Å²) in [4.78, 5) is 44.6. The molecule has 1 aromatic carbocycles. The second-order valence-electron chi connectivity index (χ2n) is 7.65. The first kappa shape index (κ1) is 21.0. The van der Waals surface area contributed by atoms with Crippen molar-refractivity contribution in [1.29, 1.82) is 0 Å². The van der Waals surface area contributed by atoms with Crippen LogP contribution in [0.25, 0.3) is 0 Å². The molecular formula is C21H25N3O4S. The van der Waals surface area contributed by atoms with Crippen molar-refractivity contribution in [3.05, 3.63) is 46.0 Å². The number of ether oxygens (including phenoxy) is 1. The van der Waals surface area contributed by atoms with E-state index in [9.17, 15) is 14.4 Å². The Morgan fingerprint density at radius 2 is 1.90 bits per heavy atom. The number of nitrogens with one attached hydrogen (secondary N) is 1. The van der Waals surface area contributed by atoms with Crippen LogP contribution in [0.3, 0.4) is 0 Å². The highest BCUT2D eigenvalue weighted by molar-refractivity contribution is 7.16. The number of aromatic nitrogens is 1. The predicted molar refractivity (Wildman–Crippen MR) is 111 cm³/mol. The minimum atomic E-state index is -0.650. The fourth-order valence-electron chi connectivity index (χ4n) is 3.50. The van der Waals surface area contributed by atoms with E-state index in [-0.39, 0.29) is 29.3 Å². The Balaban J connectivity index is 1.85. The maximum atomic E-state index is 13.1. The van der Waals surface area contributed by atoms with Gasteiger partial charge >= 0.3 is 5.97 Å². The summed E-state index contributed by atoms with van der Waals surface area (Å²) < 4.78 is 4.80. The maximum Gasteiger partial charge on any atom is 0.357 e. The molecule has 0 spiro atoms. The Labute approximate surface area is 174 Å². The number of carbonyl (C=O) groups is 3. The van der Waals surface area contributed by atoms with Crippen LogP contribution in [0, 0.1) is 5.92 Å². The summed E-state index contributed by atoms with van der Waals surface area (Å²) in [6.07, 6.45) is 0. The molecule has 29 heavy (non-hydrogen) atoms. The lowest BCUT2D eigenvalue weighted by atomic mass is 10.0. The summed E-state index contributed by atoms with van der Waals surface area (Å²) >= 11 is 1.25. The van der Waals surface area contributed by atoms with E-state index in [1.54, 1.807) is 11.0 Å².